The third-order valence-electron chi connectivity index (χ3n) is 4.39. The van der Waals surface area contributed by atoms with Crippen molar-refractivity contribution in [2.45, 2.75) is 39.0 Å². The summed E-state index contributed by atoms with van der Waals surface area (Å²) in [5.74, 6) is 0.915. The minimum Gasteiger partial charge on any atom is -0.361 e. The van der Waals surface area contributed by atoms with Gasteiger partial charge in [-0.05, 0) is 64.6 Å². The van der Waals surface area contributed by atoms with Crippen LogP contribution in [0.4, 0.5) is 0 Å². The van der Waals surface area contributed by atoms with Crippen molar-refractivity contribution in [1.82, 2.24) is 4.98 Å². The van der Waals surface area contributed by atoms with E-state index < -0.39 is 0 Å². The molecule has 0 radical (unpaired) electrons. The lowest BCUT2D eigenvalue weighted by Crippen LogP contribution is -2.03. The van der Waals surface area contributed by atoms with E-state index in [0.717, 1.165) is 11.4 Å². The molecule has 22 heavy (non-hydrogen) atoms. The second kappa shape index (κ2) is 6.18. The maximum Gasteiger partial charge on any atom is 0.0454 e. The molecule has 3 rings (SSSR count). The van der Waals surface area contributed by atoms with Crippen LogP contribution in [0, 0.1) is 0 Å². The Morgan fingerprint density at radius 1 is 1.05 bits per heavy atom. The van der Waals surface area contributed by atoms with Crippen molar-refractivity contribution >= 4 is 22.5 Å². The number of hydrogen-bond donors (Lipinski definition) is 1. The lowest BCUT2D eigenvalue weighted by molar-refractivity contribution is 0.738. The second-order valence-electron chi connectivity index (χ2n) is 6.40. The molecule has 1 atom stereocenters. The van der Waals surface area contributed by atoms with Gasteiger partial charge in [0.05, 0.1) is 0 Å². The molecule has 2 aromatic carbocycles. The summed E-state index contributed by atoms with van der Waals surface area (Å²) in [6.07, 6.45) is 3.01. The molecule has 0 aliphatic carbocycles. The van der Waals surface area contributed by atoms with E-state index in [2.05, 4.69) is 62.2 Å². The van der Waals surface area contributed by atoms with E-state index >= 15 is 0 Å². The fourth-order valence-electron chi connectivity index (χ4n) is 3.23. The van der Waals surface area contributed by atoms with Gasteiger partial charge in [-0.25, -0.2) is 0 Å². The average Bonchev–Trinajstić information content (AvgIpc) is 2.94. The minimum atomic E-state index is 0.447. The van der Waals surface area contributed by atoms with Gasteiger partial charge in [0.2, 0.25) is 0 Å². The van der Waals surface area contributed by atoms with Gasteiger partial charge in [0.15, 0.2) is 0 Å². The van der Waals surface area contributed by atoms with E-state index in [1.165, 1.54) is 27.6 Å². The summed E-state index contributed by atoms with van der Waals surface area (Å²) in [6, 6.07) is 15.1. The van der Waals surface area contributed by atoms with Crippen molar-refractivity contribution in [2.24, 2.45) is 0 Å². The Morgan fingerprint density at radius 3 is 2.64 bits per heavy atom. The van der Waals surface area contributed by atoms with E-state index in [1.54, 1.807) is 0 Å². The molecule has 1 heterocycles. The number of benzene rings is 2. The van der Waals surface area contributed by atoms with Crippen LogP contribution in [0.3, 0.4) is 0 Å². The van der Waals surface area contributed by atoms with Crippen LogP contribution in [0.15, 0.2) is 48.7 Å². The molecule has 3 aromatic rings. The van der Waals surface area contributed by atoms with Crippen molar-refractivity contribution in [2.75, 3.05) is 0 Å². The van der Waals surface area contributed by atoms with Gasteiger partial charge in [-0.1, -0.05) is 50.6 Å². The molecule has 0 aliphatic rings. The Kier molecular flexibility index (Phi) is 4.26. The van der Waals surface area contributed by atoms with Crippen LogP contribution in [0.5, 0.6) is 0 Å². The normalized spacial score (nSPS) is 13.0. The van der Waals surface area contributed by atoms with Crippen molar-refractivity contribution in [3.8, 4) is 0 Å². The van der Waals surface area contributed by atoms with Gasteiger partial charge in [0.1, 0.15) is 0 Å². The first-order chi connectivity index (χ1) is 10.6. The molecule has 0 saturated heterocycles. The first-order valence-electron chi connectivity index (χ1n) is 7.90. The number of halogens is 1. The summed E-state index contributed by atoms with van der Waals surface area (Å²) in [4.78, 5) is 3.25. The monoisotopic (exact) mass is 311 g/mol. The fraction of sp³-hybridized carbons (Fsp3) is 0.300. The Balaban J connectivity index is 1.90. The molecule has 0 spiro atoms. The highest BCUT2D eigenvalue weighted by Crippen LogP contribution is 2.32. The van der Waals surface area contributed by atoms with Gasteiger partial charge in [-0.15, -0.1) is 0 Å². The molecule has 114 valence electrons. The number of hydrogen-bond acceptors (Lipinski definition) is 0. The third kappa shape index (κ3) is 2.91. The summed E-state index contributed by atoms with van der Waals surface area (Å²) in [5, 5.41) is 2.17. The van der Waals surface area contributed by atoms with Crippen molar-refractivity contribution in [3.05, 3.63) is 70.4 Å². The molecular formula is C20H22ClN. The highest BCUT2D eigenvalue weighted by Gasteiger charge is 2.14. The lowest BCUT2D eigenvalue weighted by Gasteiger charge is -2.18. The van der Waals surface area contributed by atoms with Crippen molar-refractivity contribution in [3.63, 3.8) is 0 Å². The summed E-state index contributed by atoms with van der Waals surface area (Å²) in [7, 11) is 0. The summed E-state index contributed by atoms with van der Waals surface area (Å²) in [5.41, 5.74) is 5.23. The highest BCUT2D eigenvalue weighted by molar-refractivity contribution is 6.31. The molecule has 2 heteroatoms. The standard InChI is InChI=1S/C20H22ClN/c1-13(2)20-17(5-4-6-18(20)21)11-14(3)15-7-8-19-16(12-15)9-10-22-19/h4-10,12-14,22H,11H2,1-3H3. The molecule has 0 amide bonds. The fourth-order valence-corrected chi connectivity index (χ4v) is 3.64. The Hall–Kier alpha value is -1.73. The van der Waals surface area contributed by atoms with Gasteiger partial charge in [0.25, 0.3) is 0 Å². The lowest BCUT2D eigenvalue weighted by atomic mass is 9.88. The van der Waals surface area contributed by atoms with Gasteiger partial charge >= 0.3 is 0 Å². The van der Waals surface area contributed by atoms with E-state index in [-0.39, 0.29) is 0 Å². The number of rotatable bonds is 4. The predicted molar refractivity (Wildman–Crippen MR) is 96.0 cm³/mol. The molecule has 1 N–H and O–H groups in total. The van der Waals surface area contributed by atoms with Gasteiger partial charge in [0, 0.05) is 16.7 Å². The molecule has 0 bridgehead atoms. The highest BCUT2D eigenvalue weighted by atomic mass is 35.5. The first kappa shape index (κ1) is 15.2. The average molecular weight is 312 g/mol. The van der Waals surface area contributed by atoms with E-state index in [9.17, 15) is 0 Å². The maximum atomic E-state index is 6.41. The van der Waals surface area contributed by atoms with Crippen LogP contribution in [0.2, 0.25) is 5.02 Å². The number of H-pyrrole nitrogens is 1. The Morgan fingerprint density at radius 2 is 1.86 bits per heavy atom. The summed E-state index contributed by atoms with van der Waals surface area (Å²) >= 11 is 6.41. The number of fused-ring (bicyclic) bond motifs is 1. The molecule has 0 saturated carbocycles. The van der Waals surface area contributed by atoms with Crippen LogP contribution in [0.25, 0.3) is 10.9 Å². The zero-order valence-corrected chi connectivity index (χ0v) is 14.1. The topological polar surface area (TPSA) is 15.8 Å². The van der Waals surface area contributed by atoms with Gasteiger partial charge < -0.3 is 4.98 Å². The zero-order valence-electron chi connectivity index (χ0n) is 13.4. The van der Waals surface area contributed by atoms with E-state index in [1.807, 2.05) is 12.3 Å². The maximum absolute atomic E-state index is 6.41. The smallest absolute Gasteiger partial charge is 0.0454 e. The SMILES string of the molecule is CC(C)c1c(Cl)cccc1CC(C)c1ccc2[nH]ccc2c1. The molecule has 1 aromatic heterocycles. The molecule has 1 unspecified atom stereocenters. The van der Waals surface area contributed by atoms with Crippen LogP contribution in [-0.2, 0) is 6.42 Å². The van der Waals surface area contributed by atoms with Crippen LogP contribution >= 0.6 is 11.6 Å². The zero-order chi connectivity index (χ0) is 15.7. The third-order valence-corrected chi connectivity index (χ3v) is 4.72. The predicted octanol–water partition coefficient (Wildman–Crippen LogP) is 6.29. The Bertz CT molecular complexity index is 785. The molecule has 0 aliphatic heterocycles. The minimum absolute atomic E-state index is 0.447. The summed E-state index contributed by atoms with van der Waals surface area (Å²) in [6.45, 7) is 6.71. The molecule has 1 nitrogen and oxygen atoms in total. The quantitative estimate of drug-likeness (QED) is 0.582. The van der Waals surface area contributed by atoms with Crippen LogP contribution < -0.4 is 0 Å². The summed E-state index contributed by atoms with van der Waals surface area (Å²) < 4.78 is 0. The van der Waals surface area contributed by atoms with Crippen molar-refractivity contribution < 1.29 is 0 Å². The van der Waals surface area contributed by atoms with Gasteiger partial charge in [-0.2, -0.15) is 0 Å². The number of nitrogens with one attached hydrogen (secondary N) is 1. The van der Waals surface area contributed by atoms with E-state index in [4.69, 9.17) is 11.6 Å². The van der Waals surface area contributed by atoms with Gasteiger partial charge in [-0.3, -0.25) is 0 Å². The Labute approximate surface area is 137 Å². The van der Waals surface area contributed by atoms with Crippen LogP contribution in [-0.4, -0.2) is 4.98 Å². The number of aromatic amines is 1. The van der Waals surface area contributed by atoms with E-state index in [0.29, 0.717) is 11.8 Å². The first-order valence-corrected chi connectivity index (χ1v) is 8.28. The molecular weight excluding hydrogens is 290 g/mol. The van der Waals surface area contributed by atoms with Crippen molar-refractivity contribution in [1.29, 1.82) is 0 Å². The second-order valence-corrected chi connectivity index (χ2v) is 6.80. The number of aromatic nitrogens is 1. The molecule has 0 fully saturated rings. The largest absolute Gasteiger partial charge is 0.361 e. The van der Waals surface area contributed by atoms with Crippen LogP contribution in [0.1, 0.15) is 49.3 Å².